The van der Waals surface area contributed by atoms with Crippen LogP contribution >= 0.6 is 11.6 Å². The Kier molecular flexibility index (Phi) is 3.59. The summed E-state index contributed by atoms with van der Waals surface area (Å²) in [6.45, 7) is 2.86. The van der Waals surface area contributed by atoms with Gasteiger partial charge < -0.3 is 9.13 Å². The lowest BCUT2D eigenvalue weighted by molar-refractivity contribution is 0.511. The summed E-state index contributed by atoms with van der Waals surface area (Å²) >= 11 is 5.87. The molecule has 0 bridgehead atoms. The Bertz CT molecular complexity index is 795. The molecule has 0 fully saturated rings. The van der Waals surface area contributed by atoms with Gasteiger partial charge in [-0.15, -0.1) is 21.8 Å². The second kappa shape index (κ2) is 5.40. The number of aryl methyl sites for hydroxylation is 1. The van der Waals surface area contributed by atoms with E-state index in [1.165, 1.54) is 10.6 Å². The summed E-state index contributed by atoms with van der Waals surface area (Å²) < 4.78 is 30.9. The molecule has 0 aliphatic heterocycles. The lowest BCUT2D eigenvalue weighted by atomic mass is 10.3. The van der Waals surface area contributed by atoms with Gasteiger partial charge in [0, 0.05) is 6.54 Å². The first kappa shape index (κ1) is 13.9. The molecular formula is C13H12ClF2N5. The molecule has 110 valence electrons. The first-order chi connectivity index (χ1) is 10.2. The summed E-state index contributed by atoms with van der Waals surface area (Å²) in [7, 11) is 0. The molecule has 0 saturated heterocycles. The van der Waals surface area contributed by atoms with Crippen LogP contribution in [-0.2, 0) is 19.0 Å². The van der Waals surface area contributed by atoms with E-state index in [1.807, 2.05) is 11.5 Å². The highest BCUT2D eigenvalue weighted by Gasteiger charge is 2.18. The second-order valence-corrected chi connectivity index (χ2v) is 4.78. The minimum atomic E-state index is -0.932. The fourth-order valence-corrected chi connectivity index (χ4v) is 2.49. The molecule has 8 heteroatoms. The maximum Gasteiger partial charge on any atom is 0.184 e. The highest BCUT2D eigenvalue weighted by Crippen LogP contribution is 2.23. The van der Waals surface area contributed by atoms with Gasteiger partial charge in [-0.3, -0.25) is 0 Å². The van der Waals surface area contributed by atoms with E-state index in [0.717, 1.165) is 6.07 Å². The summed E-state index contributed by atoms with van der Waals surface area (Å²) in [5.41, 5.74) is 0.461. The number of aromatic nitrogens is 5. The van der Waals surface area contributed by atoms with Crippen molar-refractivity contribution in [3.8, 4) is 0 Å². The summed E-state index contributed by atoms with van der Waals surface area (Å²) in [4.78, 5) is 4.24. The SMILES string of the molecule is CCn1cnnc1Cn1c(CCl)nc2ccc(F)c(F)c21. The molecule has 2 heterocycles. The maximum atomic E-state index is 14.1. The highest BCUT2D eigenvalue weighted by molar-refractivity contribution is 6.16. The normalized spacial score (nSPS) is 11.4. The molecule has 21 heavy (non-hydrogen) atoms. The number of halogens is 3. The van der Waals surface area contributed by atoms with E-state index >= 15 is 0 Å². The second-order valence-electron chi connectivity index (χ2n) is 4.51. The van der Waals surface area contributed by atoms with Gasteiger partial charge >= 0.3 is 0 Å². The molecule has 0 aliphatic rings. The van der Waals surface area contributed by atoms with Gasteiger partial charge in [0.15, 0.2) is 17.5 Å². The Hall–Kier alpha value is -2.02. The zero-order valence-electron chi connectivity index (χ0n) is 11.2. The van der Waals surface area contributed by atoms with E-state index in [2.05, 4.69) is 15.2 Å². The van der Waals surface area contributed by atoms with Crippen LogP contribution in [0.4, 0.5) is 8.78 Å². The molecule has 0 spiro atoms. The predicted molar refractivity (Wildman–Crippen MR) is 74.0 cm³/mol. The smallest absolute Gasteiger partial charge is 0.184 e. The van der Waals surface area contributed by atoms with E-state index in [1.54, 1.807) is 6.33 Å². The average Bonchev–Trinajstić information content (AvgIpc) is 3.08. The first-order valence-corrected chi connectivity index (χ1v) is 6.95. The quantitative estimate of drug-likeness (QED) is 0.696. The zero-order chi connectivity index (χ0) is 15.0. The molecule has 0 radical (unpaired) electrons. The first-order valence-electron chi connectivity index (χ1n) is 6.41. The van der Waals surface area contributed by atoms with Crippen molar-refractivity contribution in [2.45, 2.75) is 25.9 Å². The zero-order valence-corrected chi connectivity index (χ0v) is 12.0. The third kappa shape index (κ3) is 2.27. The number of imidazole rings is 1. The Morgan fingerprint density at radius 2 is 2.05 bits per heavy atom. The fraction of sp³-hybridized carbons (Fsp3) is 0.308. The summed E-state index contributed by atoms with van der Waals surface area (Å²) in [5.74, 6) is -0.662. The number of benzene rings is 1. The van der Waals surface area contributed by atoms with Gasteiger partial charge in [-0.1, -0.05) is 0 Å². The lowest BCUT2D eigenvalue weighted by Gasteiger charge is -2.09. The van der Waals surface area contributed by atoms with E-state index in [-0.39, 0.29) is 17.9 Å². The van der Waals surface area contributed by atoms with E-state index < -0.39 is 11.6 Å². The van der Waals surface area contributed by atoms with Crippen molar-refractivity contribution in [3.05, 3.63) is 41.7 Å². The van der Waals surface area contributed by atoms with Crippen molar-refractivity contribution in [1.82, 2.24) is 24.3 Å². The van der Waals surface area contributed by atoms with Crippen molar-refractivity contribution in [2.24, 2.45) is 0 Å². The molecule has 5 nitrogen and oxygen atoms in total. The topological polar surface area (TPSA) is 48.5 Å². The van der Waals surface area contributed by atoms with Crippen molar-refractivity contribution in [3.63, 3.8) is 0 Å². The molecule has 0 N–H and O–H groups in total. The van der Waals surface area contributed by atoms with E-state index in [4.69, 9.17) is 11.6 Å². The van der Waals surface area contributed by atoms with Gasteiger partial charge in [-0.25, -0.2) is 13.8 Å². The molecule has 0 saturated carbocycles. The molecule has 0 amide bonds. The third-order valence-corrected chi connectivity index (χ3v) is 3.57. The van der Waals surface area contributed by atoms with Gasteiger partial charge in [0.2, 0.25) is 0 Å². The van der Waals surface area contributed by atoms with E-state index in [0.29, 0.717) is 23.7 Å². The molecule has 0 atom stereocenters. The maximum absolute atomic E-state index is 14.1. The van der Waals surface area contributed by atoms with Crippen molar-refractivity contribution in [2.75, 3.05) is 0 Å². The highest BCUT2D eigenvalue weighted by atomic mass is 35.5. The third-order valence-electron chi connectivity index (χ3n) is 3.33. The standard InChI is InChI=1S/C13H12ClF2N5/c1-2-20-7-17-19-11(20)6-21-10(5-14)18-9-4-3-8(15)12(16)13(9)21/h3-4,7H,2,5-6H2,1H3. The number of hydrogen-bond acceptors (Lipinski definition) is 3. The number of hydrogen-bond donors (Lipinski definition) is 0. The predicted octanol–water partition coefficient (Wildman–Crippen LogP) is 2.71. The molecule has 1 aromatic carbocycles. The van der Waals surface area contributed by atoms with Gasteiger partial charge in [0.1, 0.15) is 17.7 Å². The van der Waals surface area contributed by atoms with Gasteiger partial charge in [0.25, 0.3) is 0 Å². The minimum absolute atomic E-state index is 0.0933. The number of fused-ring (bicyclic) bond motifs is 1. The van der Waals surface area contributed by atoms with Crippen LogP contribution in [0.5, 0.6) is 0 Å². The Morgan fingerprint density at radius 1 is 1.24 bits per heavy atom. The number of rotatable bonds is 4. The summed E-state index contributed by atoms with van der Waals surface area (Å²) in [6.07, 6.45) is 1.59. The molecule has 3 rings (SSSR count). The fourth-order valence-electron chi connectivity index (χ4n) is 2.28. The Morgan fingerprint density at radius 3 is 2.76 bits per heavy atom. The minimum Gasteiger partial charge on any atom is -0.317 e. The van der Waals surface area contributed by atoms with Crippen LogP contribution in [0.1, 0.15) is 18.6 Å². The molecule has 3 aromatic rings. The lowest BCUT2D eigenvalue weighted by Crippen LogP contribution is -2.10. The van der Waals surface area contributed by atoms with Crippen LogP contribution in [0.2, 0.25) is 0 Å². The number of nitrogens with zero attached hydrogens (tertiary/aromatic N) is 5. The molecular weight excluding hydrogens is 300 g/mol. The van der Waals surface area contributed by atoms with Crippen LogP contribution in [0.25, 0.3) is 11.0 Å². The van der Waals surface area contributed by atoms with Crippen LogP contribution < -0.4 is 0 Å². The average molecular weight is 312 g/mol. The summed E-state index contributed by atoms with van der Waals surface area (Å²) in [6, 6.07) is 2.49. The van der Waals surface area contributed by atoms with Crippen LogP contribution in [0.3, 0.4) is 0 Å². The van der Waals surface area contributed by atoms with Gasteiger partial charge in [-0.05, 0) is 19.1 Å². The van der Waals surface area contributed by atoms with Gasteiger partial charge in [0.05, 0.1) is 17.9 Å². The Balaban J connectivity index is 2.18. The van der Waals surface area contributed by atoms with Crippen LogP contribution in [-0.4, -0.2) is 24.3 Å². The summed E-state index contributed by atoms with van der Waals surface area (Å²) in [5, 5.41) is 7.83. The monoisotopic (exact) mass is 311 g/mol. The van der Waals surface area contributed by atoms with Crippen molar-refractivity contribution < 1.29 is 8.78 Å². The van der Waals surface area contributed by atoms with Crippen LogP contribution in [0, 0.1) is 11.6 Å². The van der Waals surface area contributed by atoms with Crippen molar-refractivity contribution in [1.29, 1.82) is 0 Å². The molecule has 2 aromatic heterocycles. The Labute approximate surface area is 124 Å². The van der Waals surface area contributed by atoms with Crippen molar-refractivity contribution >= 4 is 22.6 Å². The van der Waals surface area contributed by atoms with E-state index in [9.17, 15) is 8.78 Å². The molecule has 0 unspecified atom stereocenters. The molecule has 0 aliphatic carbocycles. The van der Waals surface area contributed by atoms with Crippen LogP contribution in [0.15, 0.2) is 18.5 Å². The largest absolute Gasteiger partial charge is 0.317 e. The number of alkyl halides is 1. The van der Waals surface area contributed by atoms with Gasteiger partial charge in [-0.2, -0.15) is 0 Å².